The van der Waals surface area contributed by atoms with Crippen LogP contribution in [-0.2, 0) is 16.0 Å². The van der Waals surface area contributed by atoms with E-state index in [1.807, 2.05) is 0 Å². The number of carbonyl (C=O) groups is 2. The Balaban J connectivity index is 1.75. The van der Waals surface area contributed by atoms with Crippen LogP contribution in [0.2, 0.25) is 0 Å². The van der Waals surface area contributed by atoms with Crippen LogP contribution < -0.4 is 9.47 Å². The molecule has 29 heavy (non-hydrogen) atoms. The second-order valence-corrected chi connectivity index (χ2v) is 6.89. The van der Waals surface area contributed by atoms with Crippen molar-refractivity contribution in [1.82, 2.24) is 14.8 Å². The summed E-state index contributed by atoms with van der Waals surface area (Å²) in [6.45, 7) is -2.95. The number of ether oxygens (including phenoxy) is 2. The minimum atomic E-state index is -2.86. The van der Waals surface area contributed by atoms with Crippen LogP contribution in [0.1, 0.15) is 33.8 Å². The minimum Gasteiger partial charge on any atom is -0.454 e. The Hall–Kier alpha value is -3.48. The molecule has 146 valence electrons. The van der Waals surface area contributed by atoms with Crippen molar-refractivity contribution in [3.8, 4) is 11.5 Å². The number of rotatable bonds is 1. The number of nitrogens with one attached hydrogen (secondary N) is 1. The van der Waals surface area contributed by atoms with E-state index < -0.39 is 60.9 Å². The summed E-state index contributed by atoms with van der Waals surface area (Å²) in [5.41, 5.74) is 0.0152. The average Bonchev–Trinajstić information content (AvgIpc) is 3.49. The Kier molecular flexibility index (Phi) is 2.05. The monoisotopic (exact) mass is 397 g/mol. The zero-order valence-electron chi connectivity index (χ0n) is 23.2. The van der Waals surface area contributed by atoms with Gasteiger partial charge >= 0.3 is 0 Å². The number of hydrogen-bond donors (Lipinski definition) is 1. The zero-order chi connectivity index (χ0) is 26.8. The fraction of sp³-hybridized carbons (Fsp3) is 0.273. The summed E-state index contributed by atoms with van der Waals surface area (Å²) in [6.07, 6.45) is -0.527. The molecule has 7 heteroatoms. The van der Waals surface area contributed by atoms with Gasteiger partial charge in [0, 0.05) is 30.1 Å². The van der Waals surface area contributed by atoms with Gasteiger partial charge in [0.1, 0.15) is 6.02 Å². The van der Waals surface area contributed by atoms with Crippen molar-refractivity contribution >= 4 is 22.7 Å². The molecule has 2 amide bonds. The third kappa shape index (κ3) is 2.24. The number of amides is 2. The summed E-state index contributed by atoms with van der Waals surface area (Å²) in [7, 11) is 1.07. The molecule has 1 saturated heterocycles. The van der Waals surface area contributed by atoms with Crippen molar-refractivity contribution in [1.29, 1.82) is 0 Å². The summed E-state index contributed by atoms with van der Waals surface area (Å²) < 4.78 is 79.4. The molecule has 3 aromatic rings. The van der Waals surface area contributed by atoms with E-state index in [-0.39, 0.29) is 40.3 Å². The fourth-order valence-corrected chi connectivity index (χ4v) is 3.98. The molecule has 3 aliphatic heterocycles. The van der Waals surface area contributed by atoms with Gasteiger partial charge in [0.25, 0.3) is 0 Å². The normalized spacial score (nSPS) is 33.6. The molecule has 2 aromatic carbocycles. The third-order valence-electron chi connectivity index (χ3n) is 5.28. The molecule has 6 rings (SSSR count). The number of para-hydroxylation sites is 1. The molecule has 1 N–H and O–H groups in total. The van der Waals surface area contributed by atoms with E-state index in [9.17, 15) is 12.3 Å². The lowest BCUT2D eigenvalue weighted by molar-refractivity contribution is -0.157. The second-order valence-electron chi connectivity index (χ2n) is 6.89. The zero-order valence-corrected chi connectivity index (χ0v) is 15.2. The number of benzene rings is 2. The van der Waals surface area contributed by atoms with Gasteiger partial charge in [0.15, 0.2) is 11.5 Å². The van der Waals surface area contributed by atoms with Crippen molar-refractivity contribution in [2.75, 3.05) is 20.3 Å². The lowest BCUT2D eigenvalue weighted by Crippen LogP contribution is -2.62. The molecule has 0 aliphatic carbocycles. The van der Waals surface area contributed by atoms with Gasteiger partial charge in [0.2, 0.25) is 18.6 Å². The van der Waals surface area contributed by atoms with Gasteiger partial charge in [-0.25, -0.2) is 0 Å². The predicted molar refractivity (Wildman–Crippen MR) is 105 cm³/mol. The van der Waals surface area contributed by atoms with Crippen LogP contribution in [0, 0.1) is 0 Å². The number of H-pyrrole nitrogens is 1. The molecule has 0 spiro atoms. The topological polar surface area (TPSA) is 74.9 Å². The van der Waals surface area contributed by atoms with E-state index in [1.165, 1.54) is 18.2 Å². The van der Waals surface area contributed by atoms with Gasteiger partial charge in [0.05, 0.1) is 23.5 Å². The van der Waals surface area contributed by atoms with Crippen molar-refractivity contribution in [3.63, 3.8) is 0 Å². The van der Waals surface area contributed by atoms with E-state index in [1.54, 1.807) is 0 Å². The Morgan fingerprint density at radius 2 is 2.07 bits per heavy atom. The maximum atomic E-state index is 13.6. The highest BCUT2D eigenvalue weighted by Crippen LogP contribution is 2.44. The third-order valence-corrected chi connectivity index (χ3v) is 5.28. The van der Waals surface area contributed by atoms with Crippen molar-refractivity contribution in [3.05, 3.63) is 59.2 Å². The first-order chi connectivity index (χ1) is 17.3. The van der Waals surface area contributed by atoms with Crippen LogP contribution in [0.5, 0.6) is 11.5 Å². The van der Waals surface area contributed by atoms with Gasteiger partial charge in [-0.05, 0) is 29.3 Å². The fourth-order valence-electron chi connectivity index (χ4n) is 3.98. The largest absolute Gasteiger partial charge is 0.454 e. The maximum Gasteiger partial charge on any atom is 0.245 e. The number of hydrogen-bond acceptors (Lipinski definition) is 4. The quantitative estimate of drug-likeness (QED) is 0.683. The molecule has 1 fully saturated rings. The molecular weight excluding hydrogens is 370 g/mol. The summed E-state index contributed by atoms with van der Waals surface area (Å²) in [5.74, 6) is -1.76. The number of fused-ring (bicyclic) bond motifs is 5. The number of aromatic nitrogens is 1. The smallest absolute Gasteiger partial charge is 0.245 e. The molecule has 1 aromatic heterocycles. The van der Waals surface area contributed by atoms with Crippen LogP contribution in [-0.4, -0.2) is 53.0 Å². The first-order valence-corrected chi connectivity index (χ1v) is 8.90. The SMILES string of the molecule is [2H]c1c([2H])c([2H])c2c3c([nH]c2c1[2H])[C@@]([2H])(c1ccc2c(c1)OCO2)N1C(=O)C([2H])([2H])N(C)C(=O)[C@@]1([2H])C3. The van der Waals surface area contributed by atoms with E-state index in [2.05, 4.69) is 4.98 Å². The first kappa shape index (κ1) is 10.3. The van der Waals surface area contributed by atoms with Gasteiger partial charge in [-0.15, -0.1) is 0 Å². The summed E-state index contributed by atoms with van der Waals surface area (Å²) in [6, 6.07) is -2.47. The molecule has 3 aliphatic rings. The molecular formula is C22H19N3O4. The predicted octanol–water partition coefficient (Wildman–Crippen LogP) is 2.21. The number of likely N-dealkylation sites (N-methyl/N-ethyl adjacent to an activating group) is 1. The number of piperazine rings is 1. The maximum absolute atomic E-state index is 13.6. The van der Waals surface area contributed by atoms with Gasteiger partial charge in [-0.1, -0.05) is 24.2 Å². The molecule has 0 radical (unpaired) electrons. The Labute approximate surface area is 178 Å². The van der Waals surface area contributed by atoms with Gasteiger partial charge in [-0.2, -0.15) is 0 Å². The summed E-state index contributed by atoms with van der Waals surface area (Å²) in [4.78, 5) is 31.2. The van der Waals surface area contributed by atoms with Gasteiger partial charge in [-0.3, -0.25) is 9.59 Å². The molecule has 0 bridgehead atoms. The molecule has 0 unspecified atom stereocenters. The van der Waals surface area contributed by atoms with Crippen LogP contribution in [0.15, 0.2) is 42.4 Å². The van der Waals surface area contributed by atoms with Crippen molar-refractivity contribution < 1.29 is 30.0 Å². The van der Waals surface area contributed by atoms with Crippen molar-refractivity contribution in [2.45, 2.75) is 18.5 Å². The molecule has 2 atom stereocenters. The molecule has 7 nitrogen and oxygen atoms in total. The molecule has 0 saturated carbocycles. The first-order valence-electron chi connectivity index (χ1n) is 12.9. The highest BCUT2D eigenvalue weighted by molar-refractivity contribution is 5.97. The van der Waals surface area contributed by atoms with Crippen LogP contribution in [0.4, 0.5) is 0 Å². The highest BCUT2D eigenvalue weighted by Gasteiger charge is 2.47. The highest BCUT2D eigenvalue weighted by atomic mass is 16.7. The summed E-state index contributed by atoms with van der Waals surface area (Å²) in [5, 5.41) is 0.00105. The number of aromatic amines is 1. The van der Waals surface area contributed by atoms with Crippen molar-refractivity contribution in [2.24, 2.45) is 0 Å². The van der Waals surface area contributed by atoms with E-state index >= 15 is 0 Å². The van der Waals surface area contributed by atoms with Crippen LogP contribution >= 0.6 is 0 Å². The Morgan fingerprint density at radius 3 is 2.97 bits per heavy atom. The van der Waals surface area contributed by atoms with E-state index in [0.717, 1.165) is 7.05 Å². The number of nitrogens with zero attached hydrogens (tertiary/aromatic N) is 2. The van der Waals surface area contributed by atoms with Crippen LogP contribution in [0.25, 0.3) is 10.9 Å². The minimum absolute atomic E-state index is 0.00105. The van der Waals surface area contributed by atoms with Crippen LogP contribution in [0.3, 0.4) is 0 Å². The standard InChI is InChI=1S/C22H19N3O4/c1-24-10-19(26)25-16(22(24)27)9-14-13-4-2-3-5-15(13)23-20(14)21(25)12-6-7-17-18(8-12)29-11-28-17/h2-8,16,21,23H,9-11H2,1H3/t16-,21-/m1/s1/i2D,3D,4D,5D,10D2,16D,21D. The Bertz CT molecular complexity index is 1580. The number of carbonyl (C=O) groups excluding carboxylic acids is 2. The molecule has 4 heterocycles. The second kappa shape index (κ2) is 5.76. The van der Waals surface area contributed by atoms with Gasteiger partial charge < -0.3 is 24.3 Å². The van der Waals surface area contributed by atoms with E-state index in [0.29, 0.717) is 15.5 Å². The Morgan fingerprint density at radius 1 is 1.24 bits per heavy atom. The van der Waals surface area contributed by atoms with E-state index in [4.69, 9.17) is 17.7 Å². The summed E-state index contributed by atoms with van der Waals surface area (Å²) >= 11 is 0. The lowest BCUT2D eigenvalue weighted by atomic mass is 9.86. The lowest BCUT2D eigenvalue weighted by Gasteiger charge is -2.46. The average molecular weight is 397 g/mol.